The number of rotatable bonds is 5. The quantitative estimate of drug-likeness (QED) is 0.495. The first-order chi connectivity index (χ1) is 11.0. The largest absolute Gasteiger partial charge is 0.325 e. The van der Waals surface area contributed by atoms with Crippen LogP contribution in [0.4, 0.5) is 10.1 Å². The predicted molar refractivity (Wildman–Crippen MR) is 82.4 cm³/mol. The van der Waals surface area contributed by atoms with E-state index >= 15 is 0 Å². The van der Waals surface area contributed by atoms with Crippen LogP contribution in [0.3, 0.4) is 0 Å². The smallest absolute Gasteiger partial charge is 0.274 e. The summed E-state index contributed by atoms with van der Waals surface area (Å²) in [5.41, 5.74) is 8.66. The van der Waals surface area contributed by atoms with Crippen LogP contribution >= 0.6 is 0 Å². The summed E-state index contributed by atoms with van der Waals surface area (Å²) in [4.78, 5) is 23.2. The van der Waals surface area contributed by atoms with Crippen molar-refractivity contribution in [2.45, 2.75) is 12.5 Å². The summed E-state index contributed by atoms with van der Waals surface area (Å²) >= 11 is 0. The molecule has 0 aromatic heterocycles. The summed E-state index contributed by atoms with van der Waals surface area (Å²) in [6.45, 7) is 0. The van der Waals surface area contributed by atoms with Gasteiger partial charge in [0.05, 0.1) is 6.04 Å². The van der Waals surface area contributed by atoms with Crippen molar-refractivity contribution in [3.63, 3.8) is 0 Å². The summed E-state index contributed by atoms with van der Waals surface area (Å²) < 4.78 is 13.1. The topological polar surface area (TPSA) is 104 Å². The van der Waals surface area contributed by atoms with Crippen LogP contribution in [0.1, 0.15) is 15.9 Å². The van der Waals surface area contributed by atoms with Gasteiger partial charge in [-0.05, 0) is 48.4 Å². The van der Waals surface area contributed by atoms with Crippen molar-refractivity contribution in [1.29, 1.82) is 0 Å². The standard InChI is InChI=1S/C16H16FN3O3/c17-12-3-1-2-10(8-12)9-14(18)16(22)19-13-6-4-11(5-7-13)15(21)20-23/h1-8,14,23H,9,18H2,(H,19,22)(H,20,21)/t14-/m0/s1. The third-order valence-corrected chi connectivity index (χ3v) is 3.20. The number of halogens is 1. The first-order valence-corrected chi connectivity index (χ1v) is 6.85. The molecule has 1 atom stereocenters. The fourth-order valence-electron chi connectivity index (χ4n) is 2.02. The molecule has 2 rings (SSSR count). The van der Waals surface area contributed by atoms with E-state index in [0.29, 0.717) is 11.3 Å². The molecule has 2 aromatic carbocycles. The van der Waals surface area contributed by atoms with Crippen LogP contribution in [0.25, 0.3) is 0 Å². The van der Waals surface area contributed by atoms with Gasteiger partial charge in [-0.15, -0.1) is 0 Å². The molecule has 0 saturated carbocycles. The lowest BCUT2D eigenvalue weighted by Gasteiger charge is -2.12. The number of hydroxylamine groups is 1. The van der Waals surface area contributed by atoms with Crippen LogP contribution in [0, 0.1) is 5.82 Å². The fraction of sp³-hybridized carbons (Fsp3) is 0.125. The van der Waals surface area contributed by atoms with Gasteiger partial charge in [-0.2, -0.15) is 0 Å². The molecule has 0 fully saturated rings. The highest BCUT2D eigenvalue weighted by Crippen LogP contribution is 2.11. The molecule has 0 spiro atoms. The van der Waals surface area contributed by atoms with Crippen molar-refractivity contribution >= 4 is 17.5 Å². The van der Waals surface area contributed by atoms with Gasteiger partial charge < -0.3 is 11.1 Å². The maximum atomic E-state index is 13.1. The monoisotopic (exact) mass is 317 g/mol. The van der Waals surface area contributed by atoms with Gasteiger partial charge in [0.2, 0.25) is 5.91 Å². The highest BCUT2D eigenvalue weighted by molar-refractivity contribution is 5.96. The lowest BCUT2D eigenvalue weighted by molar-refractivity contribution is -0.117. The van der Waals surface area contributed by atoms with Gasteiger partial charge in [0, 0.05) is 11.3 Å². The second-order valence-electron chi connectivity index (χ2n) is 4.95. The number of amides is 2. The van der Waals surface area contributed by atoms with Crippen molar-refractivity contribution in [2.75, 3.05) is 5.32 Å². The van der Waals surface area contributed by atoms with Gasteiger partial charge in [-0.1, -0.05) is 12.1 Å². The van der Waals surface area contributed by atoms with Crippen molar-refractivity contribution in [3.8, 4) is 0 Å². The van der Waals surface area contributed by atoms with Crippen LogP contribution in [0.2, 0.25) is 0 Å². The van der Waals surface area contributed by atoms with E-state index in [4.69, 9.17) is 10.9 Å². The molecule has 0 aliphatic carbocycles. The minimum atomic E-state index is -0.836. The zero-order valence-electron chi connectivity index (χ0n) is 12.1. The van der Waals surface area contributed by atoms with Crippen molar-refractivity contribution in [3.05, 3.63) is 65.5 Å². The number of hydrogen-bond acceptors (Lipinski definition) is 4. The summed E-state index contributed by atoms with van der Waals surface area (Å²) in [5, 5.41) is 11.1. The Hall–Kier alpha value is -2.77. The molecule has 0 aliphatic rings. The number of hydrogen-bond donors (Lipinski definition) is 4. The Morgan fingerprint density at radius 2 is 1.87 bits per heavy atom. The normalized spacial score (nSPS) is 11.6. The van der Waals surface area contributed by atoms with Crippen molar-refractivity contribution < 1.29 is 19.2 Å². The molecule has 0 radical (unpaired) electrons. The first-order valence-electron chi connectivity index (χ1n) is 6.85. The van der Waals surface area contributed by atoms with Crippen LogP contribution in [0.5, 0.6) is 0 Å². The number of carbonyl (C=O) groups is 2. The van der Waals surface area contributed by atoms with E-state index in [1.54, 1.807) is 12.1 Å². The average Bonchev–Trinajstić information content (AvgIpc) is 2.54. The highest BCUT2D eigenvalue weighted by atomic mass is 19.1. The van der Waals surface area contributed by atoms with E-state index in [2.05, 4.69) is 5.32 Å². The molecule has 0 heterocycles. The lowest BCUT2D eigenvalue weighted by Crippen LogP contribution is -2.37. The molecule has 6 nitrogen and oxygen atoms in total. The molecule has 120 valence electrons. The zero-order chi connectivity index (χ0) is 16.8. The number of benzene rings is 2. The Labute approximate surface area is 132 Å². The van der Waals surface area contributed by atoms with Crippen LogP contribution in [-0.4, -0.2) is 23.1 Å². The van der Waals surface area contributed by atoms with E-state index in [1.807, 2.05) is 0 Å². The minimum Gasteiger partial charge on any atom is -0.325 e. The number of nitrogens with two attached hydrogens (primary N) is 1. The lowest BCUT2D eigenvalue weighted by atomic mass is 10.1. The summed E-state index contributed by atoms with van der Waals surface area (Å²) in [5.74, 6) is -1.45. The number of anilines is 1. The van der Waals surface area contributed by atoms with E-state index in [1.165, 1.54) is 41.9 Å². The van der Waals surface area contributed by atoms with E-state index in [9.17, 15) is 14.0 Å². The molecule has 2 amide bonds. The van der Waals surface area contributed by atoms with Gasteiger partial charge in [0.15, 0.2) is 0 Å². The molecular weight excluding hydrogens is 301 g/mol. The molecule has 0 bridgehead atoms. The maximum Gasteiger partial charge on any atom is 0.274 e. The zero-order valence-corrected chi connectivity index (χ0v) is 12.1. The number of carbonyl (C=O) groups excluding carboxylic acids is 2. The van der Waals surface area contributed by atoms with Gasteiger partial charge in [0.1, 0.15) is 5.82 Å². The van der Waals surface area contributed by atoms with E-state index < -0.39 is 17.9 Å². The van der Waals surface area contributed by atoms with Crippen molar-refractivity contribution in [1.82, 2.24) is 5.48 Å². The van der Waals surface area contributed by atoms with Crippen LogP contribution in [0.15, 0.2) is 48.5 Å². The van der Waals surface area contributed by atoms with E-state index in [-0.39, 0.29) is 17.8 Å². The Bertz CT molecular complexity index is 704. The average molecular weight is 317 g/mol. The van der Waals surface area contributed by atoms with Gasteiger partial charge in [-0.3, -0.25) is 14.8 Å². The maximum absolute atomic E-state index is 13.1. The minimum absolute atomic E-state index is 0.203. The second-order valence-corrected chi connectivity index (χ2v) is 4.95. The first kappa shape index (κ1) is 16.6. The summed E-state index contributed by atoms with van der Waals surface area (Å²) in [6.07, 6.45) is 0.203. The summed E-state index contributed by atoms with van der Waals surface area (Å²) in [6, 6.07) is 11.0. The predicted octanol–water partition coefficient (Wildman–Crippen LogP) is 1.45. The highest BCUT2D eigenvalue weighted by Gasteiger charge is 2.15. The van der Waals surface area contributed by atoms with Gasteiger partial charge >= 0.3 is 0 Å². The molecule has 7 heteroatoms. The SMILES string of the molecule is N[C@@H](Cc1cccc(F)c1)C(=O)Nc1ccc(C(=O)NO)cc1. The Balaban J connectivity index is 1.96. The van der Waals surface area contributed by atoms with Gasteiger partial charge in [0.25, 0.3) is 5.91 Å². The van der Waals surface area contributed by atoms with Crippen molar-refractivity contribution in [2.24, 2.45) is 5.73 Å². The Morgan fingerprint density at radius 3 is 2.48 bits per heavy atom. The molecule has 5 N–H and O–H groups in total. The summed E-state index contributed by atoms with van der Waals surface area (Å²) in [7, 11) is 0. The van der Waals surface area contributed by atoms with Gasteiger partial charge in [-0.25, -0.2) is 9.87 Å². The fourth-order valence-corrected chi connectivity index (χ4v) is 2.02. The molecular formula is C16H16FN3O3. The third kappa shape index (κ3) is 4.60. The third-order valence-electron chi connectivity index (χ3n) is 3.20. The second kappa shape index (κ2) is 7.48. The Morgan fingerprint density at radius 1 is 1.17 bits per heavy atom. The Kier molecular flexibility index (Phi) is 5.40. The molecule has 0 saturated heterocycles. The van der Waals surface area contributed by atoms with E-state index in [0.717, 1.165) is 0 Å². The van der Waals surface area contributed by atoms with Crippen LogP contribution in [-0.2, 0) is 11.2 Å². The number of nitrogens with one attached hydrogen (secondary N) is 2. The molecule has 2 aromatic rings. The molecule has 0 aliphatic heterocycles. The molecule has 0 unspecified atom stereocenters. The molecule has 23 heavy (non-hydrogen) atoms. The van der Waals surface area contributed by atoms with Crippen LogP contribution < -0.4 is 16.5 Å².